The SMILES string of the molecule is COCCCN(CC(=O)N1CCc2sccc2C1c1ccc(F)cc1)C(=O)C1CCCCC1. The number of methoxy groups -OCH3 is 1. The Morgan fingerprint density at radius 1 is 1.15 bits per heavy atom. The van der Waals surface area contributed by atoms with Gasteiger partial charge in [-0.3, -0.25) is 9.59 Å². The molecule has 1 saturated carbocycles. The van der Waals surface area contributed by atoms with Crippen molar-refractivity contribution >= 4 is 23.2 Å². The highest BCUT2D eigenvalue weighted by atomic mass is 32.1. The van der Waals surface area contributed by atoms with E-state index < -0.39 is 0 Å². The lowest BCUT2D eigenvalue weighted by atomic mass is 9.88. The highest BCUT2D eigenvalue weighted by Crippen LogP contribution is 2.38. The molecule has 0 N–H and O–H groups in total. The fourth-order valence-corrected chi connectivity index (χ4v) is 6.02. The number of carbonyl (C=O) groups is 2. The lowest BCUT2D eigenvalue weighted by molar-refractivity contribution is -0.144. The Morgan fingerprint density at radius 2 is 1.91 bits per heavy atom. The van der Waals surface area contributed by atoms with Crippen LogP contribution in [0.2, 0.25) is 0 Å². The zero-order valence-corrected chi connectivity index (χ0v) is 20.1. The van der Waals surface area contributed by atoms with Gasteiger partial charge in [-0.25, -0.2) is 4.39 Å². The van der Waals surface area contributed by atoms with Crippen LogP contribution in [0.15, 0.2) is 35.7 Å². The van der Waals surface area contributed by atoms with Crippen LogP contribution < -0.4 is 0 Å². The predicted molar refractivity (Wildman–Crippen MR) is 128 cm³/mol. The molecule has 0 bridgehead atoms. The van der Waals surface area contributed by atoms with E-state index in [-0.39, 0.29) is 36.1 Å². The van der Waals surface area contributed by atoms with Crippen molar-refractivity contribution in [1.29, 1.82) is 0 Å². The maximum absolute atomic E-state index is 13.6. The number of benzene rings is 1. The molecule has 0 saturated heterocycles. The minimum absolute atomic E-state index is 0.0202. The van der Waals surface area contributed by atoms with E-state index in [4.69, 9.17) is 4.74 Å². The number of ether oxygens (including phenoxy) is 1. The largest absolute Gasteiger partial charge is 0.385 e. The van der Waals surface area contributed by atoms with Crippen LogP contribution in [0.3, 0.4) is 0 Å². The molecule has 0 radical (unpaired) electrons. The second-order valence-electron chi connectivity index (χ2n) is 9.03. The molecule has 5 nitrogen and oxygen atoms in total. The Labute approximate surface area is 199 Å². The normalized spacial score (nSPS) is 18.7. The molecule has 1 aromatic carbocycles. The molecule has 1 fully saturated rings. The Balaban J connectivity index is 1.55. The third kappa shape index (κ3) is 5.64. The molecule has 1 aliphatic carbocycles. The van der Waals surface area contributed by atoms with Crippen LogP contribution in [-0.4, -0.2) is 55.0 Å². The van der Waals surface area contributed by atoms with Crippen molar-refractivity contribution in [3.8, 4) is 0 Å². The summed E-state index contributed by atoms with van der Waals surface area (Å²) in [5.41, 5.74) is 2.00. The lowest BCUT2D eigenvalue weighted by Crippen LogP contribution is -2.48. The molecule has 7 heteroatoms. The first-order valence-corrected chi connectivity index (χ1v) is 12.9. The number of amides is 2. The van der Waals surface area contributed by atoms with E-state index >= 15 is 0 Å². The van der Waals surface area contributed by atoms with E-state index in [1.807, 2.05) is 4.90 Å². The minimum atomic E-state index is -0.291. The molecule has 178 valence electrons. The van der Waals surface area contributed by atoms with Crippen molar-refractivity contribution in [3.63, 3.8) is 0 Å². The molecule has 1 atom stereocenters. The van der Waals surface area contributed by atoms with Gasteiger partial charge in [-0.15, -0.1) is 11.3 Å². The molecule has 2 aromatic rings. The molecule has 2 aliphatic rings. The average Bonchev–Trinajstić information content (AvgIpc) is 3.32. The lowest BCUT2D eigenvalue weighted by Gasteiger charge is -2.38. The second kappa shape index (κ2) is 11.3. The third-order valence-electron chi connectivity index (χ3n) is 6.84. The number of thiophene rings is 1. The smallest absolute Gasteiger partial charge is 0.242 e. The zero-order chi connectivity index (χ0) is 23.2. The molecule has 1 unspecified atom stereocenters. The molecule has 2 heterocycles. The fraction of sp³-hybridized carbons (Fsp3) is 0.538. The van der Waals surface area contributed by atoms with Gasteiger partial charge in [0.05, 0.1) is 12.6 Å². The van der Waals surface area contributed by atoms with Gasteiger partial charge in [-0.05, 0) is 60.4 Å². The quantitative estimate of drug-likeness (QED) is 0.518. The van der Waals surface area contributed by atoms with Crippen LogP contribution in [0.1, 0.15) is 60.6 Å². The van der Waals surface area contributed by atoms with Gasteiger partial charge in [-0.1, -0.05) is 31.4 Å². The van der Waals surface area contributed by atoms with Gasteiger partial charge in [0.15, 0.2) is 0 Å². The summed E-state index contributed by atoms with van der Waals surface area (Å²) in [5.74, 6) is -0.222. The Hall–Kier alpha value is -2.25. The van der Waals surface area contributed by atoms with Gasteiger partial charge < -0.3 is 14.5 Å². The Kier molecular flexibility index (Phi) is 8.15. The summed E-state index contributed by atoms with van der Waals surface area (Å²) in [7, 11) is 1.65. The van der Waals surface area contributed by atoms with E-state index in [2.05, 4.69) is 11.4 Å². The molecular formula is C26H33FN2O3S. The summed E-state index contributed by atoms with van der Waals surface area (Å²) in [4.78, 5) is 31.9. The van der Waals surface area contributed by atoms with Crippen molar-refractivity contribution in [2.45, 2.75) is 51.0 Å². The molecule has 1 aliphatic heterocycles. The first-order chi connectivity index (χ1) is 16.1. The zero-order valence-electron chi connectivity index (χ0n) is 19.3. The van der Waals surface area contributed by atoms with Crippen molar-refractivity contribution in [3.05, 3.63) is 57.5 Å². The molecule has 2 amide bonds. The maximum Gasteiger partial charge on any atom is 0.242 e. The summed E-state index contributed by atoms with van der Waals surface area (Å²) in [5, 5.41) is 2.05. The highest BCUT2D eigenvalue weighted by Gasteiger charge is 2.35. The number of hydrogen-bond donors (Lipinski definition) is 0. The monoisotopic (exact) mass is 472 g/mol. The second-order valence-corrected chi connectivity index (χ2v) is 10.0. The average molecular weight is 473 g/mol. The standard InChI is InChI=1S/C26H33FN2O3S/c1-32-16-5-14-28(26(31)20-6-3-2-4-7-20)18-24(30)29-15-12-23-22(13-17-33-23)25(29)19-8-10-21(27)11-9-19/h8-11,13,17,20,25H,2-7,12,14-16,18H2,1H3. The Bertz CT molecular complexity index is 939. The number of nitrogens with zero attached hydrogens (tertiary/aromatic N) is 2. The highest BCUT2D eigenvalue weighted by molar-refractivity contribution is 7.10. The first kappa shape index (κ1) is 23.9. The number of halogens is 1. The molecule has 33 heavy (non-hydrogen) atoms. The molecule has 1 aromatic heterocycles. The Morgan fingerprint density at radius 3 is 2.64 bits per heavy atom. The van der Waals surface area contributed by atoms with Gasteiger partial charge in [0.2, 0.25) is 11.8 Å². The van der Waals surface area contributed by atoms with Gasteiger partial charge in [0.25, 0.3) is 0 Å². The first-order valence-electron chi connectivity index (χ1n) is 12.0. The number of carbonyl (C=O) groups excluding carboxylic acids is 2. The van der Waals surface area contributed by atoms with Crippen LogP contribution in [0.4, 0.5) is 4.39 Å². The van der Waals surface area contributed by atoms with Gasteiger partial charge in [-0.2, -0.15) is 0 Å². The van der Waals surface area contributed by atoms with Crippen molar-refractivity contribution in [2.75, 3.05) is 33.4 Å². The number of fused-ring (bicyclic) bond motifs is 1. The minimum Gasteiger partial charge on any atom is -0.385 e. The topological polar surface area (TPSA) is 49.9 Å². The van der Waals surface area contributed by atoms with Crippen LogP contribution in [0, 0.1) is 11.7 Å². The number of hydrogen-bond acceptors (Lipinski definition) is 4. The van der Waals surface area contributed by atoms with Gasteiger partial charge >= 0.3 is 0 Å². The summed E-state index contributed by atoms with van der Waals surface area (Å²) in [6, 6.07) is 8.23. The molecular weight excluding hydrogens is 439 g/mol. The summed E-state index contributed by atoms with van der Waals surface area (Å²) in [6.45, 7) is 1.75. The molecule has 4 rings (SSSR count). The predicted octanol–water partition coefficient (Wildman–Crippen LogP) is 4.81. The van der Waals surface area contributed by atoms with Crippen LogP contribution >= 0.6 is 11.3 Å². The van der Waals surface area contributed by atoms with E-state index in [1.165, 1.54) is 23.4 Å². The fourth-order valence-electron chi connectivity index (χ4n) is 5.12. The molecule has 0 spiro atoms. The van der Waals surface area contributed by atoms with Gasteiger partial charge in [0, 0.05) is 37.6 Å². The van der Waals surface area contributed by atoms with E-state index in [9.17, 15) is 14.0 Å². The van der Waals surface area contributed by atoms with Crippen molar-refractivity contribution < 1.29 is 18.7 Å². The van der Waals surface area contributed by atoms with E-state index in [1.54, 1.807) is 35.5 Å². The van der Waals surface area contributed by atoms with Crippen molar-refractivity contribution in [1.82, 2.24) is 9.80 Å². The summed E-state index contributed by atoms with van der Waals surface area (Å²) in [6.07, 6.45) is 6.67. The van der Waals surface area contributed by atoms with Crippen LogP contribution in [0.25, 0.3) is 0 Å². The van der Waals surface area contributed by atoms with E-state index in [0.717, 1.165) is 43.2 Å². The number of rotatable bonds is 8. The summed E-state index contributed by atoms with van der Waals surface area (Å²) < 4.78 is 18.8. The van der Waals surface area contributed by atoms with Gasteiger partial charge in [0.1, 0.15) is 5.82 Å². The summed E-state index contributed by atoms with van der Waals surface area (Å²) >= 11 is 1.70. The van der Waals surface area contributed by atoms with E-state index in [0.29, 0.717) is 26.1 Å². The third-order valence-corrected chi connectivity index (χ3v) is 7.84. The van der Waals surface area contributed by atoms with Crippen LogP contribution in [-0.2, 0) is 20.7 Å². The van der Waals surface area contributed by atoms with Crippen molar-refractivity contribution in [2.24, 2.45) is 5.92 Å². The van der Waals surface area contributed by atoms with Crippen LogP contribution in [0.5, 0.6) is 0 Å². The maximum atomic E-state index is 13.6.